The summed E-state index contributed by atoms with van der Waals surface area (Å²) in [5.74, 6) is -1.05. The maximum Gasteiger partial charge on any atom is 0.324 e. The van der Waals surface area contributed by atoms with Gasteiger partial charge in [-0.15, -0.1) is 0 Å². The molecule has 1 unspecified atom stereocenters. The second-order valence-electron chi connectivity index (χ2n) is 5.41. The molecule has 3 amide bonds. The first-order chi connectivity index (χ1) is 10.1. The number of rotatable bonds is 11. The number of unbranched alkanes of at least 4 members (excludes halogenated alkanes) is 8. The fraction of sp³-hybridized carbons (Fsp3) is 0.800. The van der Waals surface area contributed by atoms with Crippen LogP contribution in [0.15, 0.2) is 0 Å². The van der Waals surface area contributed by atoms with Crippen molar-refractivity contribution in [1.29, 1.82) is 0 Å². The first-order valence-electron chi connectivity index (χ1n) is 7.94. The van der Waals surface area contributed by atoms with Crippen LogP contribution in [0.2, 0.25) is 0 Å². The van der Waals surface area contributed by atoms with Gasteiger partial charge in [-0.1, -0.05) is 58.3 Å². The number of hydrogen-bond donors (Lipinski definition) is 2. The van der Waals surface area contributed by atoms with Gasteiger partial charge in [0, 0.05) is 6.42 Å². The number of urea groups is 1. The Morgan fingerprint density at radius 3 is 2.10 bits per heavy atom. The molecule has 1 saturated heterocycles. The Kier molecular flexibility index (Phi) is 8.47. The molecule has 1 fully saturated rings. The number of ether oxygens (including phenoxy) is 1. The van der Waals surface area contributed by atoms with Crippen LogP contribution >= 0.6 is 0 Å². The van der Waals surface area contributed by atoms with E-state index in [0.717, 1.165) is 19.3 Å². The molecule has 1 aliphatic heterocycles. The number of carbonyl (C=O) groups excluding carboxylic acids is 3. The van der Waals surface area contributed by atoms with Gasteiger partial charge in [0.15, 0.2) is 0 Å². The molecule has 0 aromatic carbocycles. The summed E-state index contributed by atoms with van der Waals surface area (Å²) in [6.07, 6.45) is 9.67. The number of carbonyl (C=O) groups is 3. The third kappa shape index (κ3) is 7.68. The Morgan fingerprint density at radius 1 is 1.00 bits per heavy atom. The number of hydrogen-bond acceptors (Lipinski definition) is 4. The highest BCUT2D eigenvalue weighted by Crippen LogP contribution is 2.11. The lowest BCUT2D eigenvalue weighted by molar-refractivity contribution is -0.155. The molecule has 6 nitrogen and oxygen atoms in total. The predicted molar refractivity (Wildman–Crippen MR) is 78.4 cm³/mol. The molecule has 1 atom stereocenters. The first-order valence-corrected chi connectivity index (χ1v) is 7.94. The maximum absolute atomic E-state index is 11.5. The van der Waals surface area contributed by atoms with Gasteiger partial charge in [-0.2, -0.15) is 0 Å². The highest BCUT2D eigenvalue weighted by Gasteiger charge is 2.32. The van der Waals surface area contributed by atoms with E-state index in [0.29, 0.717) is 0 Å². The molecule has 0 bridgehead atoms. The molecule has 1 heterocycles. The SMILES string of the molecule is CCCCCCCCCCCC(=O)OC1NC(=O)NC1=O. The van der Waals surface area contributed by atoms with Crippen LogP contribution in [-0.4, -0.2) is 24.1 Å². The minimum atomic E-state index is -1.16. The topological polar surface area (TPSA) is 84.5 Å². The lowest BCUT2D eigenvalue weighted by Crippen LogP contribution is -2.34. The largest absolute Gasteiger partial charge is 0.432 e. The summed E-state index contributed by atoms with van der Waals surface area (Å²) in [5.41, 5.74) is 0. The number of amides is 3. The van der Waals surface area contributed by atoms with Crippen molar-refractivity contribution in [3.8, 4) is 0 Å². The molecule has 0 aromatic rings. The van der Waals surface area contributed by atoms with Crippen molar-refractivity contribution in [2.24, 2.45) is 0 Å². The van der Waals surface area contributed by atoms with E-state index in [1.165, 1.54) is 38.5 Å². The van der Waals surface area contributed by atoms with E-state index in [2.05, 4.69) is 12.2 Å². The molecule has 0 aromatic heterocycles. The molecule has 120 valence electrons. The summed E-state index contributed by atoms with van der Waals surface area (Å²) in [6.45, 7) is 2.21. The van der Waals surface area contributed by atoms with Crippen LogP contribution in [0.5, 0.6) is 0 Å². The molecule has 21 heavy (non-hydrogen) atoms. The van der Waals surface area contributed by atoms with Crippen molar-refractivity contribution < 1.29 is 19.1 Å². The quantitative estimate of drug-likeness (QED) is 0.349. The third-order valence-corrected chi connectivity index (χ3v) is 3.47. The van der Waals surface area contributed by atoms with Gasteiger partial charge in [-0.25, -0.2) is 4.79 Å². The molecule has 1 rings (SSSR count). The lowest BCUT2D eigenvalue weighted by Gasteiger charge is -2.08. The molecule has 0 spiro atoms. The van der Waals surface area contributed by atoms with E-state index in [1.807, 2.05) is 5.32 Å². The third-order valence-electron chi connectivity index (χ3n) is 3.47. The van der Waals surface area contributed by atoms with Crippen LogP contribution in [-0.2, 0) is 14.3 Å². The van der Waals surface area contributed by atoms with Gasteiger partial charge in [-0.05, 0) is 6.42 Å². The Labute approximate surface area is 126 Å². The van der Waals surface area contributed by atoms with Gasteiger partial charge < -0.3 is 4.74 Å². The fourth-order valence-electron chi connectivity index (χ4n) is 2.25. The van der Waals surface area contributed by atoms with Gasteiger partial charge >= 0.3 is 12.0 Å². The molecule has 0 radical (unpaired) electrons. The van der Waals surface area contributed by atoms with Crippen molar-refractivity contribution in [3.05, 3.63) is 0 Å². The fourth-order valence-corrected chi connectivity index (χ4v) is 2.25. The average molecular weight is 298 g/mol. The summed E-state index contributed by atoms with van der Waals surface area (Å²) in [4.78, 5) is 33.5. The zero-order valence-electron chi connectivity index (χ0n) is 12.8. The zero-order chi connectivity index (χ0) is 15.5. The number of esters is 1. The van der Waals surface area contributed by atoms with Crippen molar-refractivity contribution >= 4 is 17.9 Å². The standard InChI is InChI=1S/C15H26N2O4/c1-2-3-4-5-6-7-8-9-10-11-12(18)21-14-13(19)16-15(20)17-14/h14H,2-11H2,1H3,(H2,16,17,19,20). The lowest BCUT2D eigenvalue weighted by atomic mass is 10.1. The van der Waals surface area contributed by atoms with Crippen LogP contribution in [0.25, 0.3) is 0 Å². The molecule has 6 heteroatoms. The zero-order valence-corrected chi connectivity index (χ0v) is 12.8. The van der Waals surface area contributed by atoms with Gasteiger partial charge in [0.05, 0.1) is 0 Å². The Bertz CT molecular complexity index is 358. The summed E-state index contributed by atoms with van der Waals surface area (Å²) >= 11 is 0. The molecule has 0 saturated carbocycles. The van der Waals surface area contributed by atoms with E-state index in [9.17, 15) is 14.4 Å². The van der Waals surface area contributed by atoms with Gasteiger partial charge in [0.1, 0.15) is 0 Å². The highest BCUT2D eigenvalue weighted by atomic mass is 16.6. The average Bonchev–Trinajstić information content (AvgIpc) is 2.75. The minimum absolute atomic E-state index is 0.287. The minimum Gasteiger partial charge on any atom is -0.432 e. The Hall–Kier alpha value is -1.59. The van der Waals surface area contributed by atoms with Crippen molar-refractivity contribution in [1.82, 2.24) is 10.6 Å². The molecule has 1 aliphatic rings. The van der Waals surface area contributed by atoms with E-state index >= 15 is 0 Å². The van der Waals surface area contributed by atoms with Gasteiger partial charge in [0.2, 0.25) is 0 Å². The molecule has 2 N–H and O–H groups in total. The maximum atomic E-state index is 11.5. The van der Waals surface area contributed by atoms with Crippen LogP contribution < -0.4 is 10.6 Å². The van der Waals surface area contributed by atoms with Gasteiger partial charge in [0.25, 0.3) is 12.1 Å². The monoisotopic (exact) mass is 298 g/mol. The van der Waals surface area contributed by atoms with Crippen LogP contribution in [0, 0.1) is 0 Å². The van der Waals surface area contributed by atoms with E-state index in [1.54, 1.807) is 0 Å². The highest BCUT2D eigenvalue weighted by molar-refractivity contribution is 6.03. The first kappa shape index (κ1) is 17.5. The van der Waals surface area contributed by atoms with E-state index in [4.69, 9.17) is 4.74 Å². The number of imide groups is 1. The second kappa shape index (κ2) is 10.2. The van der Waals surface area contributed by atoms with Crippen LogP contribution in [0.1, 0.15) is 71.1 Å². The normalized spacial score (nSPS) is 17.5. The van der Waals surface area contributed by atoms with Crippen molar-refractivity contribution in [3.63, 3.8) is 0 Å². The Morgan fingerprint density at radius 2 is 1.57 bits per heavy atom. The van der Waals surface area contributed by atoms with Crippen LogP contribution in [0.4, 0.5) is 4.79 Å². The summed E-state index contributed by atoms with van der Waals surface area (Å²) < 4.78 is 4.88. The second-order valence-corrected chi connectivity index (χ2v) is 5.41. The molecular formula is C15H26N2O4. The summed E-state index contributed by atoms with van der Waals surface area (Å²) in [7, 11) is 0. The van der Waals surface area contributed by atoms with Crippen LogP contribution in [0.3, 0.4) is 0 Å². The summed E-state index contributed by atoms with van der Waals surface area (Å²) in [5, 5.41) is 4.24. The van der Waals surface area contributed by atoms with E-state index < -0.39 is 24.1 Å². The van der Waals surface area contributed by atoms with Crippen molar-refractivity contribution in [2.75, 3.05) is 0 Å². The van der Waals surface area contributed by atoms with Crippen molar-refractivity contribution in [2.45, 2.75) is 77.4 Å². The number of nitrogens with one attached hydrogen (secondary N) is 2. The molecule has 0 aliphatic carbocycles. The van der Waals surface area contributed by atoms with E-state index in [-0.39, 0.29) is 6.42 Å². The molecular weight excluding hydrogens is 272 g/mol. The predicted octanol–water partition coefficient (Wildman–Crippen LogP) is 2.62. The summed E-state index contributed by atoms with van der Waals surface area (Å²) in [6, 6.07) is -0.624. The van der Waals surface area contributed by atoms with Gasteiger partial charge in [-0.3, -0.25) is 20.2 Å². The smallest absolute Gasteiger partial charge is 0.324 e. The Balaban J connectivity index is 1.94.